The zero-order valence-electron chi connectivity index (χ0n) is 12.4. The SMILES string of the molecule is C=CC(=O)OCOC(=O)OC12CC3CC(CC(C)(C3)C1)C2. The summed E-state index contributed by atoms with van der Waals surface area (Å²) in [5.74, 6) is 0.718. The zero-order valence-corrected chi connectivity index (χ0v) is 12.4. The van der Waals surface area contributed by atoms with Crippen LogP contribution in [0.25, 0.3) is 0 Å². The highest BCUT2D eigenvalue weighted by molar-refractivity contribution is 5.81. The normalized spacial score (nSPS) is 39.7. The van der Waals surface area contributed by atoms with E-state index in [1.54, 1.807) is 0 Å². The highest BCUT2D eigenvalue weighted by Gasteiger charge is 2.58. The topological polar surface area (TPSA) is 61.8 Å². The van der Waals surface area contributed by atoms with Gasteiger partial charge in [0.2, 0.25) is 6.79 Å². The maximum absolute atomic E-state index is 11.8. The van der Waals surface area contributed by atoms with Crippen molar-refractivity contribution in [1.82, 2.24) is 0 Å². The Morgan fingerprint density at radius 1 is 1.19 bits per heavy atom. The second-order valence-corrected chi connectivity index (χ2v) is 7.24. The Bertz CT molecular complexity index is 455. The number of rotatable bonds is 4. The van der Waals surface area contributed by atoms with Crippen molar-refractivity contribution in [2.75, 3.05) is 6.79 Å². The molecule has 4 bridgehead atoms. The van der Waals surface area contributed by atoms with Crippen LogP contribution in [0.3, 0.4) is 0 Å². The lowest BCUT2D eigenvalue weighted by Gasteiger charge is -2.60. The van der Waals surface area contributed by atoms with E-state index < -0.39 is 18.9 Å². The average Bonchev–Trinajstić information content (AvgIpc) is 2.34. The van der Waals surface area contributed by atoms with Gasteiger partial charge in [0, 0.05) is 6.08 Å². The maximum atomic E-state index is 11.8. The van der Waals surface area contributed by atoms with Gasteiger partial charge in [-0.15, -0.1) is 0 Å². The summed E-state index contributed by atoms with van der Waals surface area (Å²) in [6.45, 7) is 5.15. The minimum absolute atomic E-state index is 0.305. The lowest BCUT2D eigenvalue weighted by atomic mass is 9.48. The molecule has 4 aliphatic carbocycles. The van der Waals surface area contributed by atoms with Crippen molar-refractivity contribution in [3.8, 4) is 0 Å². The Labute approximate surface area is 124 Å². The molecule has 116 valence electrons. The van der Waals surface area contributed by atoms with Crippen molar-refractivity contribution in [1.29, 1.82) is 0 Å². The van der Waals surface area contributed by atoms with Gasteiger partial charge in [0.1, 0.15) is 5.60 Å². The van der Waals surface area contributed by atoms with Crippen LogP contribution >= 0.6 is 0 Å². The van der Waals surface area contributed by atoms with Crippen molar-refractivity contribution in [3.05, 3.63) is 12.7 Å². The standard InChI is InChI=1S/C16H22O5/c1-3-13(17)19-10-20-14(18)21-16-7-11-4-12(8-16)6-15(2,5-11)9-16/h3,11-12H,1,4-10H2,2H3. The first kappa shape index (κ1) is 14.4. The molecule has 0 aromatic rings. The average molecular weight is 294 g/mol. The molecule has 5 nitrogen and oxygen atoms in total. The molecule has 4 fully saturated rings. The predicted octanol–water partition coefficient (Wildman–Crippen LogP) is 3.19. The lowest BCUT2D eigenvalue weighted by Crippen LogP contribution is -2.56. The Morgan fingerprint density at radius 3 is 2.43 bits per heavy atom. The molecular weight excluding hydrogens is 272 g/mol. The van der Waals surface area contributed by atoms with Gasteiger partial charge in [0.25, 0.3) is 0 Å². The van der Waals surface area contributed by atoms with E-state index in [1.165, 1.54) is 19.3 Å². The molecule has 0 spiro atoms. The van der Waals surface area contributed by atoms with E-state index in [4.69, 9.17) is 9.47 Å². The van der Waals surface area contributed by atoms with E-state index in [0.717, 1.165) is 25.3 Å². The van der Waals surface area contributed by atoms with Crippen LogP contribution in [0.5, 0.6) is 0 Å². The summed E-state index contributed by atoms with van der Waals surface area (Å²) in [7, 11) is 0. The molecule has 2 unspecified atom stereocenters. The van der Waals surface area contributed by atoms with E-state index in [9.17, 15) is 9.59 Å². The molecule has 0 aliphatic heterocycles. The minimum atomic E-state index is -0.739. The smallest absolute Gasteiger partial charge is 0.428 e. The van der Waals surface area contributed by atoms with Gasteiger partial charge in [-0.1, -0.05) is 13.5 Å². The number of carbonyl (C=O) groups is 2. The summed E-state index contributed by atoms with van der Waals surface area (Å²) < 4.78 is 15.1. The van der Waals surface area contributed by atoms with Gasteiger partial charge in [-0.05, 0) is 55.8 Å². The highest BCUT2D eigenvalue weighted by Crippen LogP contribution is 2.62. The van der Waals surface area contributed by atoms with E-state index in [2.05, 4.69) is 18.2 Å². The predicted molar refractivity (Wildman–Crippen MR) is 74.2 cm³/mol. The minimum Gasteiger partial charge on any atom is -0.428 e. The fourth-order valence-electron chi connectivity index (χ4n) is 5.15. The van der Waals surface area contributed by atoms with Crippen molar-refractivity contribution in [3.63, 3.8) is 0 Å². The first-order valence-corrected chi connectivity index (χ1v) is 7.57. The van der Waals surface area contributed by atoms with Crippen LogP contribution in [0, 0.1) is 17.3 Å². The molecule has 5 heteroatoms. The number of hydrogen-bond donors (Lipinski definition) is 0. The van der Waals surface area contributed by atoms with Crippen molar-refractivity contribution in [2.45, 2.75) is 51.0 Å². The highest BCUT2D eigenvalue weighted by atomic mass is 16.8. The molecule has 21 heavy (non-hydrogen) atoms. The molecule has 4 saturated carbocycles. The number of ether oxygens (including phenoxy) is 3. The van der Waals surface area contributed by atoms with Crippen molar-refractivity contribution >= 4 is 12.1 Å². The molecule has 0 saturated heterocycles. The van der Waals surface area contributed by atoms with Crippen LogP contribution in [0.15, 0.2) is 12.7 Å². The number of esters is 1. The number of hydrogen-bond acceptors (Lipinski definition) is 5. The molecule has 0 N–H and O–H groups in total. The molecule has 2 atom stereocenters. The van der Waals surface area contributed by atoms with Crippen LogP contribution < -0.4 is 0 Å². The van der Waals surface area contributed by atoms with Crippen LogP contribution in [0.1, 0.15) is 45.4 Å². The molecule has 0 aromatic heterocycles. The number of carbonyl (C=O) groups excluding carboxylic acids is 2. The molecule has 0 amide bonds. The van der Waals surface area contributed by atoms with Crippen molar-refractivity contribution in [2.24, 2.45) is 17.3 Å². The summed E-state index contributed by atoms with van der Waals surface area (Å²) in [5, 5.41) is 0. The quantitative estimate of drug-likeness (QED) is 0.453. The molecule has 4 rings (SSSR count). The van der Waals surface area contributed by atoms with Gasteiger partial charge in [-0.25, -0.2) is 9.59 Å². The monoisotopic (exact) mass is 294 g/mol. The third-order valence-corrected chi connectivity index (χ3v) is 5.14. The van der Waals surface area contributed by atoms with Crippen LogP contribution in [0.2, 0.25) is 0 Å². The summed E-state index contributed by atoms with van der Waals surface area (Å²) in [4.78, 5) is 22.7. The molecule has 0 aromatic carbocycles. The molecular formula is C16H22O5. The third kappa shape index (κ3) is 2.92. The van der Waals surface area contributed by atoms with Crippen LogP contribution in [-0.4, -0.2) is 24.5 Å². The van der Waals surface area contributed by atoms with Gasteiger partial charge in [0.05, 0.1) is 0 Å². The van der Waals surface area contributed by atoms with E-state index in [-0.39, 0.29) is 5.60 Å². The molecule has 0 radical (unpaired) electrons. The summed E-state index contributed by atoms with van der Waals surface area (Å²) >= 11 is 0. The first-order chi connectivity index (χ1) is 9.92. The lowest BCUT2D eigenvalue weighted by molar-refractivity contribution is -0.177. The largest absolute Gasteiger partial charge is 0.511 e. The van der Waals surface area contributed by atoms with Gasteiger partial charge in [-0.3, -0.25) is 0 Å². The Kier molecular flexibility index (Phi) is 3.46. The van der Waals surface area contributed by atoms with Gasteiger partial charge < -0.3 is 14.2 Å². The Hall–Kier alpha value is -1.52. The first-order valence-electron chi connectivity index (χ1n) is 7.57. The summed E-state index contributed by atoms with van der Waals surface area (Å²) in [5.41, 5.74) is -0.0575. The zero-order chi connectivity index (χ0) is 15.1. The van der Waals surface area contributed by atoms with E-state index >= 15 is 0 Å². The second kappa shape index (κ2) is 5.04. The summed E-state index contributed by atoms with van der Waals surface area (Å²) in [6, 6.07) is 0. The van der Waals surface area contributed by atoms with Gasteiger partial charge in [0.15, 0.2) is 0 Å². The third-order valence-electron chi connectivity index (χ3n) is 5.14. The molecule has 4 aliphatic rings. The maximum Gasteiger partial charge on any atom is 0.511 e. The Balaban J connectivity index is 1.56. The molecule has 0 heterocycles. The van der Waals surface area contributed by atoms with Crippen LogP contribution in [-0.2, 0) is 19.0 Å². The summed E-state index contributed by atoms with van der Waals surface area (Å²) in [6.07, 6.45) is 6.87. The van der Waals surface area contributed by atoms with Gasteiger partial charge in [-0.2, -0.15) is 0 Å². The Morgan fingerprint density at radius 2 is 1.86 bits per heavy atom. The fourth-order valence-corrected chi connectivity index (χ4v) is 5.15. The van der Waals surface area contributed by atoms with E-state index in [0.29, 0.717) is 17.3 Å². The van der Waals surface area contributed by atoms with E-state index in [1.807, 2.05) is 0 Å². The van der Waals surface area contributed by atoms with Gasteiger partial charge >= 0.3 is 12.1 Å². The van der Waals surface area contributed by atoms with Crippen molar-refractivity contribution < 1.29 is 23.8 Å². The fraction of sp³-hybridized carbons (Fsp3) is 0.750. The van der Waals surface area contributed by atoms with Crippen LogP contribution in [0.4, 0.5) is 4.79 Å². The second-order valence-electron chi connectivity index (χ2n) is 7.24.